The van der Waals surface area contributed by atoms with E-state index in [9.17, 15) is 10.0 Å². The van der Waals surface area contributed by atoms with Crippen LogP contribution in [0.5, 0.6) is 5.75 Å². The molecule has 3 N–H and O–H groups in total. The number of hydrogen-bond donors (Lipinski definition) is 3. The second-order valence-corrected chi connectivity index (χ2v) is 13.4. The van der Waals surface area contributed by atoms with Crippen LogP contribution in [0.4, 0.5) is 0 Å². The molecule has 2 aromatic heterocycles. The highest BCUT2D eigenvalue weighted by Gasteiger charge is 2.16. The molecule has 251 valence electrons. The normalized spacial score (nSPS) is 10.8. The fourth-order valence-corrected chi connectivity index (χ4v) is 6.11. The van der Waals surface area contributed by atoms with Crippen molar-refractivity contribution in [3.05, 3.63) is 155 Å². The number of rotatable bonds is 7. The first-order valence-electron chi connectivity index (χ1n) is 16.1. The lowest BCUT2D eigenvalue weighted by atomic mass is 9.80. The summed E-state index contributed by atoms with van der Waals surface area (Å²) >= 11 is 6.98. The average molecular weight is 809 g/mol. The number of hydrogen-bond acceptors (Lipinski definition) is 8. The Kier molecular flexibility index (Phi) is 10.8. The van der Waals surface area contributed by atoms with Crippen molar-refractivity contribution in [2.75, 3.05) is 0 Å². The Balaban J connectivity index is 0.000000164. The number of fused-ring (bicyclic) bond motifs is 2. The minimum Gasteiger partial charge on any atom is -0.537 e. The third kappa shape index (κ3) is 7.97. The molecule has 6 aromatic carbocycles. The minimum absolute atomic E-state index is 0.404. The van der Waals surface area contributed by atoms with Crippen LogP contribution < -0.4 is 10.1 Å². The van der Waals surface area contributed by atoms with E-state index in [1.807, 2.05) is 84.9 Å². The predicted molar refractivity (Wildman–Crippen MR) is 215 cm³/mol. The van der Waals surface area contributed by atoms with Crippen LogP contribution in [0.1, 0.15) is 0 Å². The van der Waals surface area contributed by atoms with Gasteiger partial charge in [0.05, 0.1) is 44.8 Å². The molecule has 12 heteroatoms. The van der Waals surface area contributed by atoms with Gasteiger partial charge in [0.25, 0.3) is 0 Å². The van der Waals surface area contributed by atoms with Crippen LogP contribution in [0, 0.1) is 0 Å². The van der Waals surface area contributed by atoms with Crippen molar-refractivity contribution >= 4 is 74.2 Å². The maximum Gasteiger partial charge on any atom is 0.569 e. The number of halogens is 2. The summed E-state index contributed by atoms with van der Waals surface area (Å²) in [6.45, 7) is 0. The third-order valence-electron chi connectivity index (χ3n) is 8.18. The summed E-state index contributed by atoms with van der Waals surface area (Å²) in [4.78, 5) is 19.4. The second-order valence-electron chi connectivity index (χ2n) is 11.6. The van der Waals surface area contributed by atoms with Crippen molar-refractivity contribution in [3.8, 4) is 50.8 Å². The van der Waals surface area contributed by atoms with Gasteiger partial charge < -0.3 is 19.7 Å². The highest BCUT2D eigenvalue weighted by molar-refractivity contribution is 9.10. The Labute approximate surface area is 317 Å². The van der Waals surface area contributed by atoms with Crippen LogP contribution >= 0.6 is 31.9 Å². The fraction of sp³-hybridized carbons (Fsp3) is 0. The monoisotopic (exact) mass is 807 g/mol. The Morgan fingerprint density at radius 1 is 0.442 bits per heavy atom. The largest absolute Gasteiger partial charge is 0.569 e. The van der Waals surface area contributed by atoms with Gasteiger partial charge >= 0.3 is 14.8 Å². The minimum atomic E-state index is -1.52. The number of benzene rings is 6. The molecule has 0 saturated heterocycles. The van der Waals surface area contributed by atoms with Crippen LogP contribution in [-0.2, 0) is 0 Å². The van der Waals surface area contributed by atoms with E-state index in [1.165, 1.54) is 0 Å². The van der Waals surface area contributed by atoms with Gasteiger partial charge in [0.2, 0.25) is 0 Å². The molecule has 0 atom stereocenters. The summed E-state index contributed by atoms with van der Waals surface area (Å²) in [6.07, 6.45) is 0. The molecule has 0 saturated carbocycles. The molecule has 8 rings (SSSR count). The fourth-order valence-electron chi connectivity index (χ4n) is 5.59. The molecule has 0 aliphatic carbocycles. The Morgan fingerprint density at radius 3 is 1.06 bits per heavy atom. The zero-order chi connectivity index (χ0) is 36.0. The van der Waals surface area contributed by atoms with E-state index in [4.69, 9.17) is 29.6 Å². The smallest absolute Gasteiger partial charge is 0.537 e. The lowest BCUT2D eigenvalue weighted by Gasteiger charge is -2.12. The first-order chi connectivity index (χ1) is 25.4. The maximum atomic E-state index is 9.32. The number of aromatic nitrogens is 4. The van der Waals surface area contributed by atoms with E-state index in [0.29, 0.717) is 30.3 Å². The number of nitrogens with zero attached hydrogens (tertiary/aromatic N) is 4. The van der Waals surface area contributed by atoms with Gasteiger partial charge in [-0.1, -0.05) is 105 Å². The van der Waals surface area contributed by atoms with Crippen molar-refractivity contribution in [1.82, 2.24) is 19.9 Å². The van der Waals surface area contributed by atoms with Gasteiger partial charge in [0.15, 0.2) is 0 Å². The summed E-state index contributed by atoms with van der Waals surface area (Å²) in [5.74, 6) is 0.503. The van der Waals surface area contributed by atoms with E-state index in [0.717, 1.165) is 64.7 Å². The Hall–Kier alpha value is -5.23. The van der Waals surface area contributed by atoms with Crippen molar-refractivity contribution in [3.63, 3.8) is 0 Å². The van der Waals surface area contributed by atoms with Crippen LogP contribution in [-0.4, -0.2) is 49.8 Å². The van der Waals surface area contributed by atoms with Crippen LogP contribution in [0.15, 0.2) is 155 Å². The van der Waals surface area contributed by atoms with Crippen LogP contribution in [0.25, 0.3) is 67.1 Å². The van der Waals surface area contributed by atoms with E-state index in [-0.39, 0.29) is 0 Å². The molecule has 8 nitrogen and oxygen atoms in total. The summed E-state index contributed by atoms with van der Waals surface area (Å²) < 4.78 is 7.06. The SMILES string of the molecule is Brc1ccc(-c2nc3ccccc3nc2-c2ccc(Br)cc2)cc1.O[B]Oc1ccc(-c2nc3ccccc3nc2-c2ccc(B(O)O)cc2)cc1. The lowest BCUT2D eigenvalue weighted by molar-refractivity contribution is 0.425. The first kappa shape index (κ1) is 35.2. The van der Waals surface area contributed by atoms with Gasteiger partial charge in [-0.2, -0.15) is 0 Å². The summed E-state index contributed by atoms with van der Waals surface area (Å²) in [5, 5.41) is 27.4. The van der Waals surface area contributed by atoms with Gasteiger partial charge in [-0.15, -0.1) is 0 Å². The highest BCUT2D eigenvalue weighted by atomic mass is 79.9. The van der Waals surface area contributed by atoms with Crippen molar-refractivity contribution in [2.24, 2.45) is 0 Å². The molecule has 1 radical (unpaired) electrons. The molecule has 0 amide bonds. The van der Waals surface area contributed by atoms with Crippen LogP contribution in [0.3, 0.4) is 0 Å². The van der Waals surface area contributed by atoms with E-state index < -0.39 is 7.12 Å². The molecule has 8 aromatic rings. The van der Waals surface area contributed by atoms with Gasteiger partial charge in [0, 0.05) is 31.2 Å². The first-order valence-corrected chi connectivity index (χ1v) is 17.7. The van der Waals surface area contributed by atoms with Gasteiger partial charge in [-0.05, 0) is 78.3 Å². The third-order valence-corrected chi connectivity index (χ3v) is 9.23. The molecule has 0 bridgehead atoms. The Bertz CT molecular complexity index is 2390. The zero-order valence-electron chi connectivity index (χ0n) is 27.3. The average Bonchev–Trinajstić information content (AvgIpc) is 3.18. The molecule has 52 heavy (non-hydrogen) atoms. The molecule has 0 aliphatic rings. The van der Waals surface area contributed by atoms with Crippen molar-refractivity contribution < 1.29 is 19.7 Å². The summed E-state index contributed by atoms with van der Waals surface area (Å²) in [7, 11) is -0.889. The lowest BCUT2D eigenvalue weighted by Crippen LogP contribution is -2.29. The Morgan fingerprint density at radius 2 is 0.750 bits per heavy atom. The molecule has 0 fully saturated rings. The topological polar surface area (TPSA) is 121 Å². The highest BCUT2D eigenvalue weighted by Crippen LogP contribution is 2.33. The zero-order valence-corrected chi connectivity index (χ0v) is 30.5. The predicted octanol–water partition coefficient (Wildman–Crippen LogP) is 8.04. The molecule has 0 aliphatic heterocycles. The van der Waals surface area contributed by atoms with Gasteiger partial charge in [-0.25, -0.2) is 19.9 Å². The van der Waals surface area contributed by atoms with E-state index in [2.05, 4.69) is 56.1 Å². The second kappa shape index (κ2) is 16.0. The quantitative estimate of drug-likeness (QED) is 0.139. The molecular weight excluding hydrogens is 782 g/mol. The summed E-state index contributed by atoms with van der Waals surface area (Å²) in [6, 6.07) is 45.9. The van der Waals surface area contributed by atoms with E-state index in [1.54, 1.807) is 36.4 Å². The van der Waals surface area contributed by atoms with Gasteiger partial charge in [0.1, 0.15) is 5.75 Å². The molecular formula is C40H27B2Br2N4O4. The maximum absolute atomic E-state index is 9.32. The standard InChI is InChI=1S/C20H15B2N2O4.C20H12Br2N2/c25-21-28-16-11-7-14(8-12-16)20-19(13-5-9-15(10-6-13)22(26)27)23-17-3-1-2-4-18(17)24-20;21-15-9-5-13(6-10-15)19-20(14-7-11-16(22)12-8-14)24-18-4-2-1-3-17(18)23-19/h1-12,25-27H;1-12H. The summed E-state index contributed by atoms with van der Waals surface area (Å²) in [5.41, 5.74) is 10.6. The van der Waals surface area contributed by atoms with Crippen molar-refractivity contribution in [1.29, 1.82) is 0 Å². The van der Waals surface area contributed by atoms with E-state index >= 15 is 0 Å². The van der Waals surface area contributed by atoms with Crippen molar-refractivity contribution in [2.45, 2.75) is 0 Å². The molecule has 0 spiro atoms. The number of para-hydroxylation sites is 4. The molecule has 0 unspecified atom stereocenters. The molecule has 2 heterocycles. The van der Waals surface area contributed by atoms with Gasteiger partial charge in [-0.3, -0.25) is 0 Å². The van der Waals surface area contributed by atoms with Crippen LogP contribution in [0.2, 0.25) is 0 Å².